The summed E-state index contributed by atoms with van der Waals surface area (Å²) in [6.07, 6.45) is -1.05. The number of hydrogen-bond acceptors (Lipinski definition) is 5. The Balaban J connectivity index is 1.49. The zero-order chi connectivity index (χ0) is 23.6. The SMILES string of the molecule is O=C1[C@@H]2[C@H](c3ccc(F)cc3)OC3(C(=O)c4ccccc4C3=O)[C@H]2C(=O)N1Cc1ccccc1. The van der Waals surface area contributed by atoms with Gasteiger partial charge in [0.2, 0.25) is 29.0 Å². The van der Waals surface area contributed by atoms with Crippen molar-refractivity contribution in [2.75, 3.05) is 0 Å². The quantitative estimate of drug-likeness (QED) is 0.446. The second-order valence-corrected chi connectivity index (χ2v) is 8.78. The van der Waals surface area contributed by atoms with E-state index in [0.29, 0.717) is 5.56 Å². The molecule has 0 bridgehead atoms. The van der Waals surface area contributed by atoms with Crippen LogP contribution in [0.2, 0.25) is 0 Å². The number of fused-ring (bicyclic) bond motifs is 3. The number of amides is 2. The van der Waals surface area contributed by atoms with Crippen molar-refractivity contribution in [3.63, 3.8) is 0 Å². The first kappa shape index (κ1) is 20.6. The van der Waals surface area contributed by atoms with Crippen molar-refractivity contribution in [3.8, 4) is 0 Å². The summed E-state index contributed by atoms with van der Waals surface area (Å²) in [5.74, 6) is -5.21. The molecule has 6 rings (SSSR count). The van der Waals surface area contributed by atoms with Gasteiger partial charge in [-0.15, -0.1) is 0 Å². The first-order valence-corrected chi connectivity index (χ1v) is 10.9. The molecule has 0 saturated carbocycles. The summed E-state index contributed by atoms with van der Waals surface area (Å²) < 4.78 is 19.8. The van der Waals surface area contributed by atoms with Gasteiger partial charge in [0.15, 0.2) is 0 Å². The summed E-state index contributed by atoms with van der Waals surface area (Å²) in [7, 11) is 0. The minimum absolute atomic E-state index is 0.0209. The summed E-state index contributed by atoms with van der Waals surface area (Å²) in [5, 5.41) is 0. The maximum absolute atomic E-state index is 13.7. The molecule has 34 heavy (non-hydrogen) atoms. The van der Waals surface area contributed by atoms with Crippen LogP contribution in [-0.4, -0.2) is 33.9 Å². The zero-order valence-corrected chi connectivity index (χ0v) is 17.8. The number of likely N-dealkylation sites (tertiary alicyclic amines) is 1. The van der Waals surface area contributed by atoms with E-state index in [1.807, 2.05) is 6.07 Å². The number of Topliss-reactive ketones (excluding diaryl/α,β-unsaturated/α-hetero) is 2. The van der Waals surface area contributed by atoms with E-state index in [2.05, 4.69) is 0 Å². The van der Waals surface area contributed by atoms with Crippen LogP contribution >= 0.6 is 0 Å². The Bertz CT molecular complexity index is 1330. The first-order valence-electron chi connectivity index (χ1n) is 10.9. The molecule has 2 saturated heterocycles. The predicted molar refractivity (Wildman–Crippen MR) is 117 cm³/mol. The second kappa shape index (κ2) is 7.27. The van der Waals surface area contributed by atoms with Crippen LogP contribution in [0.25, 0.3) is 0 Å². The lowest BCUT2D eigenvalue weighted by molar-refractivity contribution is -0.145. The van der Waals surface area contributed by atoms with E-state index in [-0.39, 0.29) is 17.7 Å². The van der Waals surface area contributed by atoms with Crippen LogP contribution < -0.4 is 0 Å². The second-order valence-electron chi connectivity index (χ2n) is 8.78. The molecule has 3 aromatic rings. The Morgan fingerprint density at radius 1 is 0.765 bits per heavy atom. The van der Waals surface area contributed by atoms with Gasteiger partial charge in [0.05, 0.1) is 24.5 Å². The normalized spacial score (nSPS) is 24.7. The van der Waals surface area contributed by atoms with Gasteiger partial charge in [0.1, 0.15) is 5.82 Å². The van der Waals surface area contributed by atoms with E-state index in [9.17, 15) is 23.6 Å². The monoisotopic (exact) mass is 455 g/mol. The molecule has 0 N–H and O–H groups in total. The van der Waals surface area contributed by atoms with Crippen molar-refractivity contribution in [3.05, 3.63) is 107 Å². The molecule has 1 aliphatic carbocycles. The average Bonchev–Trinajstić information content (AvgIpc) is 3.41. The average molecular weight is 455 g/mol. The van der Waals surface area contributed by atoms with Crippen molar-refractivity contribution < 1.29 is 28.3 Å². The van der Waals surface area contributed by atoms with Crippen molar-refractivity contribution in [2.24, 2.45) is 11.8 Å². The van der Waals surface area contributed by atoms with Crippen molar-refractivity contribution in [1.82, 2.24) is 4.90 Å². The highest BCUT2D eigenvalue weighted by Gasteiger charge is 2.74. The summed E-state index contributed by atoms with van der Waals surface area (Å²) in [6.45, 7) is 0.0209. The summed E-state index contributed by atoms with van der Waals surface area (Å²) >= 11 is 0. The van der Waals surface area contributed by atoms with Gasteiger partial charge in [-0.25, -0.2) is 4.39 Å². The molecule has 1 spiro atoms. The molecule has 3 aliphatic rings. The van der Waals surface area contributed by atoms with Crippen molar-refractivity contribution in [1.29, 1.82) is 0 Å². The van der Waals surface area contributed by atoms with Crippen molar-refractivity contribution in [2.45, 2.75) is 18.2 Å². The number of nitrogens with zero attached hydrogens (tertiary/aromatic N) is 1. The number of halogens is 1. The number of imide groups is 1. The molecule has 3 aromatic carbocycles. The molecule has 7 heteroatoms. The highest BCUT2D eigenvalue weighted by atomic mass is 19.1. The fraction of sp³-hybridized carbons (Fsp3) is 0.185. The van der Waals surface area contributed by atoms with Crippen LogP contribution in [0, 0.1) is 17.7 Å². The topological polar surface area (TPSA) is 80.8 Å². The first-order chi connectivity index (χ1) is 16.4. The van der Waals surface area contributed by atoms with E-state index in [1.165, 1.54) is 36.4 Å². The van der Waals surface area contributed by atoms with Gasteiger partial charge < -0.3 is 4.74 Å². The Morgan fingerprint density at radius 2 is 1.35 bits per heavy atom. The number of rotatable bonds is 3. The van der Waals surface area contributed by atoms with Crippen LogP contribution in [0.15, 0.2) is 78.9 Å². The van der Waals surface area contributed by atoms with Gasteiger partial charge in [0, 0.05) is 11.1 Å². The Morgan fingerprint density at radius 3 is 1.97 bits per heavy atom. The third-order valence-corrected chi connectivity index (χ3v) is 6.99. The highest BCUT2D eigenvalue weighted by molar-refractivity contribution is 6.35. The third-order valence-electron chi connectivity index (χ3n) is 6.99. The number of benzene rings is 3. The van der Waals surface area contributed by atoms with Gasteiger partial charge in [-0.1, -0.05) is 66.7 Å². The molecule has 0 radical (unpaired) electrons. The van der Waals surface area contributed by atoms with E-state index in [0.717, 1.165) is 10.5 Å². The summed E-state index contributed by atoms with van der Waals surface area (Å²) in [6, 6.07) is 20.7. The molecule has 6 nitrogen and oxygen atoms in total. The number of carbonyl (C=O) groups excluding carboxylic acids is 4. The number of ketones is 2. The lowest BCUT2D eigenvalue weighted by atomic mass is 9.77. The minimum Gasteiger partial charge on any atom is -0.349 e. The van der Waals surface area contributed by atoms with Gasteiger partial charge in [-0.2, -0.15) is 0 Å². The summed E-state index contributed by atoms with van der Waals surface area (Å²) in [4.78, 5) is 55.7. The van der Waals surface area contributed by atoms with Crippen LogP contribution in [0.1, 0.15) is 37.9 Å². The summed E-state index contributed by atoms with van der Waals surface area (Å²) in [5.41, 5.74) is -0.608. The molecule has 2 aliphatic heterocycles. The lowest BCUT2D eigenvalue weighted by Crippen LogP contribution is -2.50. The molecule has 168 valence electrons. The standard InChI is InChI=1S/C27H18FNO5/c28-17-12-10-16(11-13-17)22-20-21(26(33)29(25(20)32)14-15-6-2-1-3-7-15)27(34-22)23(30)18-8-4-5-9-19(18)24(27)31/h1-13,20-22H,14H2/t20-,21+,22-/m0/s1. The van der Waals surface area contributed by atoms with Crippen LogP contribution in [0.5, 0.6) is 0 Å². The van der Waals surface area contributed by atoms with Gasteiger partial charge in [-0.3, -0.25) is 24.1 Å². The Labute approximate surface area is 193 Å². The molecular formula is C27H18FNO5. The van der Waals surface area contributed by atoms with E-state index >= 15 is 0 Å². The van der Waals surface area contributed by atoms with Crippen LogP contribution in [0.4, 0.5) is 4.39 Å². The van der Waals surface area contributed by atoms with Crippen LogP contribution in [0.3, 0.4) is 0 Å². The predicted octanol–water partition coefficient (Wildman–Crippen LogP) is 3.52. The third kappa shape index (κ3) is 2.64. The number of ether oxygens (including phenoxy) is 1. The largest absolute Gasteiger partial charge is 0.349 e. The smallest absolute Gasteiger partial charge is 0.237 e. The van der Waals surface area contributed by atoms with E-state index in [1.54, 1.807) is 36.4 Å². The maximum atomic E-state index is 13.7. The van der Waals surface area contributed by atoms with E-state index < -0.39 is 52.7 Å². The van der Waals surface area contributed by atoms with Gasteiger partial charge >= 0.3 is 0 Å². The molecule has 2 amide bonds. The number of carbonyl (C=O) groups is 4. The maximum Gasteiger partial charge on any atom is 0.237 e. The van der Waals surface area contributed by atoms with Gasteiger partial charge in [-0.05, 0) is 23.3 Å². The number of hydrogen-bond donors (Lipinski definition) is 0. The minimum atomic E-state index is -2.12. The zero-order valence-electron chi connectivity index (χ0n) is 17.8. The van der Waals surface area contributed by atoms with Gasteiger partial charge in [0.25, 0.3) is 0 Å². The molecule has 0 aromatic heterocycles. The molecular weight excluding hydrogens is 437 g/mol. The molecule has 3 atom stereocenters. The van der Waals surface area contributed by atoms with E-state index in [4.69, 9.17) is 4.74 Å². The van der Waals surface area contributed by atoms with Crippen molar-refractivity contribution >= 4 is 23.4 Å². The Hall–Kier alpha value is -3.97. The fourth-order valence-electron chi connectivity index (χ4n) is 5.45. The Kier molecular flexibility index (Phi) is 4.41. The molecule has 0 unspecified atom stereocenters. The highest BCUT2D eigenvalue weighted by Crippen LogP contribution is 2.57. The lowest BCUT2D eigenvalue weighted by Gasteiger charge is -2.27. The molecule has 2 fully saturated rings. The molecule has 2 heterocycles. The fourth-order valence-corrected chi connectivity index (χ4v) is 5.45. The van der Waals surface area contributed by atoms with Crippen LogP contribution in [-0.2, 0) is 20.9 Å².